The zero-order chi connectivity index (χ0) is 22.5. The average Bonchev–Trinajstić information content (AvgIpc) is 2.83. The first-order chi connectivity index (χ1) is 15.5. The molecule has 4 rings (SSSR count). The molecule has 1 amide bonds. The second kappa shape index (κ2) is 10.4. The third kappa shape index (κ3) is 5.24. The van der Waals surface area contributed by atoms with Crippen molar-refractivity contribution in [1.82, 2.24) is 19.8 Å². The number of nitrogens with zero attached hydrogens (tertiary/aromatic N) is 5. The van der Waals surface area contributed by atoms with E-state index >= 15 is 0 Å². The van der Waals surface area contributed by atoms with Crippen molar-refractivity contribution in [2.75, 3.05) is 64.9 Å². The third-order valence-electron chi connectivity index (χ3n) is 6.28. The molecule has 3 heterocycles. The first kappa shape index (κ1) is 22.6. The first-order valence-electron chi connectivity index (χ1n) is 11.4. The Kier molecular flexibility index (Phi) is 7.32. The van der Waals surface area contributed by atoms with Gasteiger partial charge in [0.2, 0.25) is 11.9 Å². The van der Waals surface area contributed by atoms with Gasteiger partial charge in [0.1, 0.15) is 5.82 Å². The fourth-order valence-corrected chi connectivity index (χ4v) is 4.46. The molecule has 2 aromatic rings. The molecule has 2 fully saturated rings. The minimum Gasteiger partial charge on any atom is -0.379 e. The Labute approximate surface area is 189 Å². The van der Waals surface area contributed by atoms with E-state index in [1.54, 1.807) is 18.3 Å². The van der Waals surface area contributed by atoms with E-state index in [1.165, 1.54) is 6.07 Å². The van der Waals surface area contributed by atoms with E-state index < -0.39 is 0 Å². The van der Waals surface area contributed by atoms with Crippen LogP contribution in [0.1, 0.15) is 30.9 Å². The number of carbonyl (C=O) groups excluding carboxylic acids is 1. The smallest absolute Gasteiger partial charge is 0.225 e. The second-order valence-corrected chi connectivity index (χ2v) is 8.73. The number of piperidine rings is 1. The van der Waals surface area contributed by atoms with Gasteiger partial charge in [-0.15, -0.1) is 0 Å². The van der Waals surface area contributed by atoms with E-state index in [9.17, 15) is 9.18 Å². The standard InChI is InChI=1S/C24H32FN5O2/c1-28(2)24-26-16-20(19-7-3-4-8-21(19)25)23(27-24)18-6-5-10-30(17-18)22(31)9-11-29-12-14-32-15-13-29/h3-4,7-8,16,18H,5-6,9-15,17H2,1-2H3/t18-/m0/s1. The highest BCUT2D eigenvalue weighted by Gasteiger charge is 2.29. The fraction of sp³-hybridized carbons (Fsp3) is 0.542. The van der Waals surface area contributed by atoms with E-state index in [4.69, 9.17) is 9.72 Å². The van der Waals surface area contributed by atoms with Gasteiger partial charge >= 0.3 is 0 Å². The summed E-state index contributed by atoms with van der Waals surface area (Å²) in [6.45, 7) is 5.38. The molecule has 2 aliphatic rings. The van der Waals surface area contributed by atoms with Crippen molar-refractivity contribution in [2.24, 2.45) is 0 Å². The molecule has 8 heteroatoms. The monoisotopic (exact) mass is 441 g/mol. The number of hydrogen-bond donors (Lipinski definition) is 0. The molecule has 0 unspecified atom stereocenters. The topological polar surface area (TPSA) is 61.8 Å². The van der Waals surface area contributed by atoms with Crippen LogP contribution in [0, 0.1) is 5.82 Å². The number of benzene rings is 1. The number of amides is 1. The van der Waals surface area contributed by atoms with Crippen LogP contribution in [0.15, 0.2) is 30.5 Å². The summed E-state index contributed by atoms with van der Waals surface area (Å²) in [6.07, 6.45) is 4.05. The van der Waals surface area contributed by atoms with Gasteiger partial charge in [0.15, 0.2) is 0 Å². The zero-order valence-corrected chi connectivity index (χ0v) is 19.0. The van der Waals surface area contributed by atoms with E-state index in [2.05, 4.69) is 9.88 Å². The summed E-state index contributed by atoms with van der Waals surface area (Å²) in [4.78, 5) is 28.3. The molecule has 0 N–H and O–H groups in total. The highest BCUT2D eigenvalue weighted by atomic mass is 19.1. The molecular formula is C24H32FN5O2. The summed E-state index contributed by atoms with van der Waals surface area (Å²) in [5.74, 6) is 0.531. The molecule has 1 aromatic heterocycles. The van der Waals surface area contributed by atoms with Crippen LogP contribution in [0.5, 0.6) is 0 Å². The Morgan fingerprint density at radius 1 is 1.19 bits per heavy atom. The van der Waals surface area contributed by atoms with Gasteiger partial charge in [-0.2, -0.15) is 0 Å². The second-order valence-electron chi connectivity index (χ2n) is 8.73. The lowest BCUT2D eigenvalue weighted by atomic mass is 9.89. The minimum absolute atomic E-state index is 0.0485. The summed E-state index contributed by atoms with van der Waals surface area (Å²) >= 11 is 0. The summed E-state index contributed by atoms with van der Waals surface area (Å²) < 4.78 is 20.0. The van der Waals surface area contributed by atoms with E-state index in [-0.39, 0.29) is 17.6 Å². The van der Waals surface area contributed by atoms with Crippen molar-refractivity contribution in [1.29, 1.82) is 0 Å². The number of anilines is 1. The summed E-state index contributed by atoms with van der Waals surface area (Å²) in [7, 11) is 3.79. The lowest BCUT2D eigenvalue weighted by molar-refractivity contribution is -0.133. The van der Waals surface area contributed by atoms with Crippen LogP contribution in [0.2, 0.25) is 0 Å². The summed E-state index contributed by atoms with van der Waals surface area (Å²) in [5.41, 5.74) is 2.03. The molecule has 32 heavy (non-hydrogen) atoms. The third-order valence-corrected chi connectivity index (χ3v) is 6.28. The van der Waals surface area contributed by atoms with Crippen LogP contribution < -0.4 is 4.90 Å². The average molecular weight is 442 g/mol. The van der Waals surface area contributed by atoms with Gasteiger partial charge in [0.25, 0.3) is 0 Å². The van der Waals surface area contributed by atoms with Crippen molar-refractivity contribution in [2.45, 2.75) is 25.2 Å². The molecule has 7 nitrogen and oxygen atoms in total. The van der Waals surface area contributed by atoms with Gasteiger partial charge in [0, 0.05) is 76.5 Å². The van der Waals surface area contributed by atoms with Crippen molar-refractivity contribution >= 4 is 11.9 Å². The molecule has 1 aromatic carbocycles. The Morgan fingerprint density at radius 3 is 2.72 bits per heavy atom. The van der Waals surface area contributed by atoms with Crippen LogP contribution in [-0.2, 0) is 9.53 Å². The molecule has 0 aliphatic carbocycles. The maximum absolute atomic E-state index is 14.6. The predicted molar refractivity (Wildman–Crippen MR) is 122 cm³/mol. The van der Waals surface area contributed by atoms with Crippen LogP contribution in [0.3, 0.4) is 0 Å². The lowest BCUT2D eigenvalue weighted by Crippen LogP contribution is -2.42. The van der Waals surface area contributed by atoms with Crippen molar-refractivity contribution in [3.05, 3.63) is 42.0 Å². The van der Waals surface area contributed by atoms with Crippen LogP contribution in [0.25, 0.3) is 11.1 Å². The fourth-order valence-electron chi connectivity index (χ4n) is 4.46. The Hall–Kier alpha value is -2.58. The number of carbonyl (C=O) groups is 1. The van der Waals surface area contributed by atoms with Gasteiger partial charge in [-0.25, -0.2) is 14.4 Å². The lowest BCUT2D eigenvalue weighted by Gasteiger charge is -2.34. The van der Waals surface area contributed by atoms with Gasteiger partial charge < -0.3 is 14.5 Å². The maximum Gasteiger partial charge on any atom is 0.225 e. The number of morpholine rings is 1. The normalized spacial score (nSPS) is 19.7. The number of halogens is 1. The van der Waals surface area contributed by atoms with Gasteiger partial charge in [-0.3, -0.25) is 9.69 Å². The molecule has 0 spiro atoms. The van der Waals surface area contributed by atoms with Crippen LogP contribution in [-0.4, -0.2) is 85.7 Å². The quantitative estimate of drug-likeness (QED) is 0.687. The SMILES string of the molecule is CN(C)c1ncc(-c2ccccc2F)c([C@H]2CCCN(C(=O)CCN3CCOCC3)C2)n1. The largest absolute Gasteiger partial charge is 0.379 e. The molecule has 2 saturated heterocycles. The summed E-state index contributed by atoms with van der Waals surface area (Å²) in [5, 5.41) is 0. The number of aromatic nitrogens is 2. The van der Waals surface area contributed by atoms with Crippen molar-refractivity contribution in [3.8, 4) is 11.1 Å². The molecule has 1 atom stereocenters. The van der Waals surface area contributed by atoms with Gasteiger partial charge in [-0.05, 0) is 18.9 Å². The number of ether oxygens (including phenoxy) is 1. The molecule has 0 radical (unpaired) electrons. The summed E-state index contributed by atoms with van der Waals surface area (Å²) in [6, 6.07) is 6.73. The molecule has 172 valence electrons. The number of likely N-dealkylation sites (tertiary alicyclic amines) is 1. The van der Waals surface area contributed by atoms with E-state index in [0.717, 1.165) is 57.9 Å². The molecule has 2 aliphatic heterocycles. The highest BCUT2D eigenvalue weighted by Crippen LogP contribution is 2.35. The highest BCUT2D eigenvalue weighted by molar-refractivity contribution is 5.76. The first-order valence-corrected chi connectivity index (χ1v) is 11.4. The Morgan fingerprint density at radius 2 is 1.97 bits per heavy atom. The van der Waals surface area contributed by atoms with Gasteiger partial charge in [0.05, 0.1) is 18.9 Å². The van der Waals surface area contributed by atoms with Crippen molar-refractivity contribution in [3.63, 3.8) is 0 Å². The van der Waals surface area contributed by atoms with E-state index in [0.29, 0.717) is 30.0 Å². The molecular weight excluding hydrogens is 409 g/mol. The van der Waals surface area contributed by atoms with Crippen LogP contribution in [0.4, 0.5) is 10.3 Å². The van der Waals surface area contributed by atoms with Crippen molar-refractivity contribution < 1.29 is 13.9 Å². The zero-order valence-electron chi connectivity index (χ0n) is 19.0. The number of hydrogen-bond acceptors (Lipinski definition) is 6. The Bertz CT molecular complexity index is 932. The molecule has 0 saturated carbocycles. The van der Waals surface area contributed by atoms with Crippen LogP contribution >= 0.6 is 0 Å². The predicted octanol–water partition coefficient (Wildman–Crippen LogP) is 2.78. The van der Waals surface area contributed by atoms with E-state index in [1.807, 2.05) is 30.0 Å². The minimum atomic E-state index is -0.288. The molecule has 0 bridgehead atoms. The number of rotatable bonds is 6. The maximum atomic E-state index is 14.6. The van der Waals surface area contributed by atoms with Gasteiger partial charge in [-0.1, -0.05) is 18.2 Å². The Balaban J connectivity index is 1.53.